The monoisotopic (exact) mass is 1150 g/mol. The Hall–Kier alpha value is -7.91. The van der Waals surface area contributed by atoms with E-state index in [9.17, 15) is 5.11 Å². The number of aromatic hydroxyl groups is 1. The molecular weight excluding hydrogens is 1090 g/mol. The maximum Gasteiger partial charge on any atom is 0.148 e. The van der Waals surface area contributed by atoms with E-state index in [4.69, 9.17) is 9.97 Å². The van der Waals surface area contributed by atoms with Crippen LogP contribution in [0, 0.1) is 6.07 Å². The van der Waals surface area contributed by atoms with Crippen LogP contribution in [0.2, 0.25) is 0 Å². The molecule has 12 rings (SSSR count). The zero-order valence-electron chi connectivity index (χ0n) is 42.6. The minimum absolute atomic E-state index is 0. The Kier molecular flexibility index (Phi) is 13.9. The van der Waals surface area contributed by atoms with Crippen LogP contribution in [0.3, 0.4) is 0 Å². The molecule has 1 N–H and O–H groups in total. The number of hydrogen-bond acceptors (Lipinski definition) is 3. The van der Waals surface area contributed by atoms with Gasteiger partial charge in [-0.25, -0.2) is 4.98 Å². The molecule has 0 radical (unpaired) electrons. The maximum atomic E-state index is 12.8. The third-order valence-corrected chi connectivity index (χ3v) is 15.1. The van der Waals surface area contributed by atoms with Gasteiger partial charge in [-0.05, 0) is 105 Å². The van der Waals surface area contributed by atoms with Crippen molar-refractivity contribution < 1.29 is 26.2 Å². The first-order chi connectivity index (χ1) is 36.2. The Labute approximate surface area is 455 Å². The van der Waals surface area contributed by atoms with Gasteiger partial charge in [0.2, 0.25) is 0 Å². The van der Waals surface area contributed by atoms with E-state index in [1.165, 1.54) is 48.8 Å². The van der Waals surface area contributed by atoms with Crippen LogP contribution in [0.15, 0.2) is 225 Å². The minimum atomic E-state index is -0.0986. The van der Waals surface area contributed by atoms with E-state index in [0.29, 0.717) is 17.3 Å². The van der Waals surface area contributed by atoms with Crippen molar-refractivity contribution in [2.24, 2.45) is 0 Å². The van der Waals surface area contributed by atoms with Crippen molar-refractivity contribution in [3.8, 4) is 101 Å². The summed E-state index contributed by atoms with van der Waals surface area (Å²) in [6.07, 6.45) is 8.48. The van der Waals surface area contributed by atoms with Crippen molar-refractivity contribution in [1.29, 1.82) is 0 Å². The van der Waals surface area contributed by atoms with Gasteiger partial charge in [-0.2, -0.15) is 0 Å². The Bertz CT molecular complexity index is 3790. The van der Waals surface area contributed by atoms with Gasteiger partial charge in [0.25, 0.3) is 0 Å². The molecule has 2 aromatic heterocycles. The number of pyridine rings is 1. The van der Waals surface area contributed by atoms with Gasteiger partial charge in [0, 0.05) is 44.1 Å². The number of imidazole rings is 1. The maximum absolute atomic E-state index is 12.8. The molecule has 5 heteroatoms. The van der Waals surface area contributed by atoms with Gasteiger partial charge in [-0.3, -0.25) is 9.55 Å². The van der Waals surface area contributed by atoms with Crippen LogP contribution < -0.4 is 0 Å². The van der Waals surface area contributed by atoms with E-state index in [-0.39, 0.29) is 32.2 Å². The van der Waals surface area contributed by atoms with E-state index >= 15 is 0 Å². The molecule has 0 aliphatic heterocycles. The van der Waals surface area contributed by atoms with Crippen molar-refractivity contribution in [2.75, 3.05) is 0 Å². The number of hydrogen-bond donors (Lipinski definition) is 1. The van der Waals surface area contributed by atoms with Gasteiger partial charge < -0.3 is 5.11 Å². The second-order valence-electron chi connectivity index (χ2n) is 20.9. The minimum Gasteiger partial charge on any atom is -0.507 e. The van der Waals surface area contributed by atoms with Crippen LogP contribution >= 0.6 is 0 Å². The summed E-state index contributed by atoms with van der Waals surface area (Å²) in [5, 5.41) is 12.8. The zero-order chi connectivity index (χ0) is 50.2. The Morgan fingerprint density at radius 1 is 0.480 bits per heavy atom. The van der Waals surface area contributed by atoms with Gasteiger partial charge in [0.05, 0.1) is 22.3 Å². The summed E-state index contributed by atoms with van der Waals surface area (Å²) in [5.41, 5.74) is 19.8. The van der Waals surface area contributed by atoms with Crippen molar-refractivity contribution >= 4 is 11.0 Å². The van der Waals surface area contributed by atoms with Gasteiger partial charge in [0.1, 0.15) is 11.6 Å². The third-order valence-electron chi connectivity index (χ3n) is 15.1. The number of para-hydroxylation sites is 2. The number of benzene rings is 9. The fourth-order valence-corrected chi connectivity index (χ4v) is 11.1. The molecule has 0 unspecified atom stereocenters. The first-order valence-corrected chi connectivity index (χ1v) is 26.1. The largest absolute Gasteiger partial charge is 0.507 e. The van der Waals surface area contributed by atoms with Gasteiger partial charge in [-0.1, -0.05) is 233 Å². The van der Waals surface area contributed by atoms with Crippen LogP contribution in [0.25, 0.3) is 106 Å². The molecule has 0 saturated heterocycles. The summed E-state index contributed by atoms with van der Waals surface area (Å²) >= 11 is 0. The second kappa shape index (κ2) is 21.1. The van der Waals surface area contributed by atoms with Gasteiger partial charge in [-0.15, -0.1) is 23.8 Å². The van der Waals surface area contributed by atoms with Crippen LogP contribution in [0.5, 0.6) is 5.75 Å². The molecule has 9 aromatic carbocycles. The van der Waals surface area contributed by atoms with Crippen LogP contribution in [-0.4, -0.2) is 19.6 Å². The van der Waals surface area contributed by atoms with E-state index in [0.717, 1.165) is 89.2 Å². The van der Waals surface area contributed by atoms with Crippen molar-refractivity contribution in [2.45, 2.75) is 64.2 Å². The Morgan fingerprint density at radius 2 is 1.07 bits per heavy atom. The molecule has 4 nitrogen and oxygen atoms in total. The number of fused-ring (bicyclic) bond motifs is 1. The number of rotatable bonds is 10. The average Bonchev–Trinajstić information content (AvgIpc) is 3.88. The normalized spacial score (nSPS) is 12.9. The quantitative estimate of drug-likeness (QED) is 0.139. The molecule has 0 bridgehead atoms. The standard InChI is InChI=1S/C70H58N3O.Pt/c1-70(2,3)57-38-39-65(63(46-57)52-26-14-7-15-27-52)73-66-33-19-30-59(67(66)72-69(73)62-32-18-31-61(68(62)74)60-29-17-16-28-58(60)51-24-12-6-13-25-51)55-42-54(48-22-10-5-11-23-48)43-56(44-55)64-45-53(40-41-71-64)50-36-34-49(35-37-50)47-20-8-4-9-21-47;/h5-7,10-19,22-43,45-47,74H,4,8-9,20-21H2,1-3H3;/q-1;. The number of nitrogens with zero attached hydrogens (tertiary/aromatic N) is 3. The summed E-state index contributed by atoms with van der Waals surface area (Å²) in [6, 6.07) is 80.9. The van der Waals surface area contributed by atoms with Crippen LogP contribution in [-0.2, 0) is 26.5 Å². The zero-order valence-corrected chi connectivity index (χ0v) is 44.9. The first-order valence-electron chi connectivity index (χ1n) is 26.1. The fraction of sp³-hybridized carbons (Fsp3) is 0.143. The van der Waals surface area contributed by atoms with Crippen molar-refractivity contribution in [1.82, 2.24) is 14.5 Å². The topological polar surface area (TPSA) is 50.9 Å². The molecule has 370 valence electrons. The smallest absolute Gasteiger partial charge is 0.148 e. The third kappa shape index (κ3) is 9.84. The van der Waals surface area contributed by atoms with E-state index < -0.39 is 0 Å². The van der Waals surface area contributed by atoms with Crippen LogP contribution in [0.4, 0.5) is 0 Å². The summed E-state index contributed by atoms with van der Waals surface area (Å²) in [4.78, 5) is 10.7. The average molecular weight is 1150 g/mol. The fourth-order valence-electron chi connectivity index (χ4n) is 11.1. The number of aromatic nitrogens is 3. The molecular formula is C70H58N3OPt-. The summed E-state index contributed by atoms with van der Waals surface area (Å²) < 4.78 is 2.25. The molecule has 1 aliphatic carbocycles. The molecule has 11 aromatic rings. The number of phenols is 1. The molecule has 1 aliphatic rings. The van der Waals surface area contributed by atoms with Crippen molar-refractivity contribution in [3.05, 3.63) is 242 Å². The Morgan fingerprint density at radius 3 is 1.77 bits per heavy atom. The summed E-state index contributed by atoms with van der Waals surface area (Å²) in [5.74, 6) is 1.45. The molecule has 1 fully saturated rings. The predicted molar refractivity (Wildman–Crippen MR) is 307 cm³/mol. The summed E-state index contributed by atoms with van der Waals surface area (Å²) in [7, 11) is 0. The SMILES string of the molecule is CC(C)(C)c1ccc(-n2c(-c3cccc(-c4ccccc4-c4ccccc4)c3O)nc3c(-c4[c-]c(-c5cc(-c6ccc(C7CCCCC7)cc6)ccn5)cc(-c5ccccc5)c4)cccc32)c(-c2ccccc2)c1.[Pt]. The van der Waals surface area contributed by atoms with Crippen LogP contribution in [0.1, 0.15) is 69.9 Å². The van der Waals surface area contributed by atoms with Gasteiger partial charge in [0.15, 0.2) is 0 Å². The molecule has 0 atom stereocenters. The van der Waals surface area contributed by atoms with E-state index in [2.05, 4.69) is 219 Å². The Balaban J connectivity index is 0.00000602. The predicted octanol–water partition coefficient (Wildman–Crippen LogP) is 18.6. The molecule has 1 saturated carbocycles. The number of phenolic OH excluding ortho intramolecular Hbond substituents is 1. The van der Waals surface area contributed by atoms with E-state index in [1.807, 2.05) is 36.5 Å². The molecule has 0 amide bonds. The summed E-state index contributed by atoms with van der Waals surface area (Å²) in [6.45, 7) is 6.77. The van der Waals surface area contributed by atoms with E-state index in [1.54, 1.807) is 0 Å². The second-order valence-corrected chi connectivity index (χ2v) is 20.9. The molecule has 75 heavy (non-hydrogen) atoms. The van der Waals surface area contributed by atoms with Crippen molar-refractivity contribution in [3.63, 3.8) is 0 Å². The molecule has 2 heterocycles. The first kappa shape index (κ1) is 49.3. The molecule has 0 spiro atoms. The van der Waals surface area contributed by atoms with Gasteiger partial charge >= 0.3 is 0 Å².